The molecule has 1 aromatic heterocycles. The van der Waals surface area contributed by atoms with Crippen LogP contribution in [0, 0.1) is 11.7 Å². The van der Waals surface area contributed by atoms with Gasteiger partial charge in [-0.05, 0) is 67.6 Å². The van der Waals surface area contributed by atoms with Crippen molar-refractivity contribution in [1.29, 1.82) is 0 Å². The summed E-state index contributed by atoms with van der Waals surface area (Å²) in [6.07, 6.45) is 4.81. The van der Waals surface area contributed by atoms with Gasteiger partial charge in [-0.1, -0.05) is 18.6 Å². The van der Waals surface area contributed by atoms with Gasteiger partial charge < -0.3 is 15.7 Å². The molecule has 2 amide bonds. The van der Waals surface area contributed by atoms with Crippen molar-refractivity contribution in [2.75, 3.05) is 5.32 Å². The lowest BCUT2D eigenvalue weighted by Gasteiger charge is -2.25. The van der Waals surface area contributed by atoms with Crippen molar-refractivity contribution in [3.8, 4) is 17.0 Å². The zero-order valence-corrected chi connectivity index (χ0v) is 18.1. The highest BCUT2D eigenvalue weighted by molar-refractivity contribution is 5.95. The molecule has 2 aromatic carbocycles. The number of aromatic nitrogens is 2. The molecular formula is C25H25FN4O3. The fourth-order valence-corrected chi connectivity index (χ4v) is 3.99. The minimum Gasteiger partial charge on any atom is -0.507 e. The number of aromatic hydroxyl groups is 1. The first-order valence-electron chi connectivity index (χ1n) is 11.2. The molecule has 0 bridgehead atoms. The molecule has 8 heteroatoms. The molecule has 0 aliphatic heterocycles. The molecule has 0 unspecified atom stereocenters. The number of phenols is 1. The van der Waals surface area contributed by atoms with Crippen molar-refractivity contribution in [3.05, 3.63) is 65.6 Å². The van der Waals surface area contributed by atoms with Crippen molar-refractivity contribution in [3.63, 3.8) is 0 Å². The molecule has 3 N–H and O–H groups in total. The summed E-state index contributed by atoms with van der Waals surface area (Å²) in [5, 5.41) is 20.6. The molecule has 2 aliphatic rings. The molecule has 7 nitrogen and oxygen atoms in total. The second-order valence-corrected chi connectivity index (χ2v) is 8.78. The van der Waals surface area contributed by atoms with Gasteiger partial charge in [-0.25, -0.2) is 9.18 Å². The van der Waals surface area contributed by atoms with Crippen molar-refractivity contribution in [1.82, 2.24) is 15.1 Å². The smallest absolute Gasteiger partial charge is 0.342 e. The molecule has 2 fully saturated rings. The van der Waals surface area contributed by atoms with Crippen LogP contribution in [0.4, 0.5) is 14.9 Å². The van der Waals surface area contributed by atoms with E-state index < -0.39 is 6.03 Å². The highest BCUT2D eigenvalue weighted by atomic mass is 19.1. The fourth-order valence-electron chi connectivity index (χ4n) is 3.99. The van der Waals surface area contributed by atoms with Crippen molar-refractivity contribution < 1.29 is 19.1 Å². The summed E-state index contributed by atoms with van der Waals surface area (Å²) in [5.74, 6) is -0.0876. The van der Waals surface area contributed by atoms with Crippen LogP contribution in [0.15, 0.2) is 48.5 Å². The van der Waals surface area contributed by atoms with Crippen LogP contribution in [0.5, 0.6) is 5.75 Å². The predicted molar refractivity (Wildman–Crippen MR) is 121 cm³/mol. The van der Waals surface area contributed by atoms with E-state index in [9.17, 15) is 19.1 Å². The lowest BCUT2D eigenvalue weighted by Crippen LogP contribution is -2.31. The lowest BCUT2D eigenvalue weighted by molar-refractivity contribution is -0.117. The van der Waals surface area contributed by atoms with Gasteiger partial charge in [0.25, 0.3) is 0 Å². The zero-order valence-electron chi connectivity index (χ0n) is 18.1. The number of nitrogens with one attached hydrogen (secondary N) is 2. The molecule has 1 heterocycles. The SMILES string of the molecule is O=C(Nc1ccc(O)c(-c2cc(C3CCC3)n(C(=O)NCc3cccc(F)c3)n2)c1)C1CC1. The third kappa shape index (κ3) is 4.60. The van der Waals surface area contributed by atoms with Gasteiger partial charge in [-0.3, -0.25) is 4.79 Å². The molecule has 0 atom stereocenters. The van der Waals surface area contributed by atoms with Gasteiger partial charge in [0.15, 0.2) is 0 Å². The van der Waals surface area contributed by atoms with E-state index in [4.69, 9.17) is 0 Å². The van der Waals surface area contributed by atoms with Crippen molar-refractivity contribution in [2.45, 2.75) is 44.6 Å². The molecule has 33 heavy (non-hydrogen) atoms. The molecule has 3 aromatic rings. The third-order valence-electron chi connectivity index (χ3n) is 6.27. The van der Waals surface area contributed by atoms with E-state index in [-0.39, 0.29) is 35.9 Å². The lowest BCUT2D eigenvalue weighted by atomic mass is 9.82. The fraction of sp³-hybridized carbons (Fsp3) is 0.320. The van der Waals surface area contributed by atoms with Gasteiger partial charge in [0.1, 0.15) is 11.6 Å². The summed E-state index contributed by atoms with van der Waals surface area (Å²) in [6.45, 7) is 0.170. The monoisotopic (exact) mass is 448 g/mol. The van der Waals surface area contributed by atoms with E-state index in [1.165, 1.54) is 22.9 Å². The second kappa shape index (κ2) is 8.69. The molecule has 0 saturated heterocycles. The van der Waals surface area contributed by atoms with Gasteiger partial charge in [-0.2, -0.15) is 9.78 Å². The van der Waals surface area contributed by atoms with Crippen LogP contribution < -0.4 is 10.6 Å². The van der Waals surface area contributed by atoms with E-state index in [1.807, 2.05) is 6.07 Å². The highest BCUT2D eigenvalue weighted by Crippen LogP contribution is 2.39. The minimum atomic E-state index is -0.412. The molecular weight excluding hydrogens is 423 g/mol. The Morgan fingerprint density at radius 3 is 2.61 bits per heavy atom. The highest BCUT2D eigenvalue weighted by Gasteiger charge is 2.30. The summed E-state index contributed by atoms with van der Waals surface area (Å²) in [6, 6.07) is 12.3. The number of anilines is 1. The number of benzene rings is 2. The Balaban J connectivity index is 1.41. The van der Waals surface area contributed by atoms with E-state index >= 15 is 0 Å². The number of nitrogens with zero attached hydrogens (tertiary/aromatic N) is 2. The largest absolute Gasteiger partial charge is 0.507 e. The summed E-state index contributed by atoms with van der Waals surface area (Å²) in [4.78, 5) is 25.1. The summed E-state index contributed by atoms with van der Waals surface area (Å²) in [7, 11) is 0. The molecule has 2 aliphatic carbocycles. The Morgan fingerprint density at radius 2 is 1.91 bits per heavy atom. The van der Waals surface area contributed by atoms with Gasteiger partial charge in [0.05, 0.1) is 11.4 Å². The average molecular weight is 448 g/mol. The first-order chi connectivity index (χ1) is 16.0. The summed E-state index contributed by atoms with van der Waals surface area (Å²) in [5.41, 5.74) is 2.91. The van der Waals surface area contributed by atoms with E-state index in [0.29, 0.717) is 22.5 Å². The number of halogens is 1. The molecule has 170 valence electrons. The van der Waals surface area contributed by atoms with Crippen LogP contribution in [0.3, 0.4) is 0 Å². The topological polar surface area (TPSA) is 96.2 Å². The van der Waals surface area contributed by atoms with Crippen LogP contribution >= 0.6 is 0 Å². The average Bonchev–Trinajstić information content (AvgIpc) is 3.53. The number of amides is 2. The maximum absolute atomic E-state index is 13.4. The van der Waals surface area contributed by atoms with Crippen LogP contribution in [0.1, 0.15) is 49.3 Å². The Bertz CT molecular complexity index is 1210. The van der Waals surface area contributed by atoms with Gasteiger partial charge in [0, 0.05) is 29.6 Å². The predicted octanol–water partition coefficient (Wildman–Crippen LogP) is 4.77. The van der Waals surface area contributed by atoms with E-state index in [0.717, 1.165) is 37.8 Å². The number of hydrogen-bond donors (Lipinski definition) is 3. The number of carbonyl (C=O) groups excluding carboxylic acids is 2. The summed E-state index contributed by atoms with van der Waals surface area (Å²) >= 11 is 0. The van der Waals surface area contributed by atoms with Crippen LogP contribution in [-0.2, 0) is 11.3 Å². The molecule has 0 spiro atoms. The minimum absolute atomic E-state index is 0.0180. The quantitative estimate of drug-likeness (QED) is 0.474. The van der Waals surface area contributed by atoms with Crippen molar-refractivity contribution in [2.24, 2.45) is 5.92 Å². The molecule has 5 rings (SSSR count). The Kier molecular flexibility index (Phi) is 5.58. The number of carbonyl (C=O) groups is 2. The van der Waals surface area contributed by atoms with E-state index in [2.05, 4.69) is 15.7 Å². The van der Waals surface area contributed by atoms with Gasteiger partial charge >= 0.3 is 6.03 Å². The first-order valence-corrected chi connectivity index (χ1v) is 11.2. The van der Waals surface area contributed by atoms with Gasteiger partial charge in [-0.15, -0.1) is 0 Å². The van der Waals surface area contributed by atoms with Crippen LogP contribution in [0.2, 0.25) is 0 Å². The Labute approximate surface area is 190 Å². The normalized spacial score (nSPS) is 15.7. The molecule has 2 saturated carbocycles. The standard InChI is InChI=1S/C25H25FN4O3/c26-18-6-1-3-15(11-18)14-27-25(33)30-22(16-4-2-5-16)13-21(29-30)20-12-19(9-10-23(20)31)28-24(32)17-7-8-17/h1,3,6,9-13,16-17,31H,2,4-5,7-8,14H2,(H,27,33)(H,28,32). The first kappa shape index (κ1) is 21.2. The number of rotatable bonds is 6. The zero-order chi connectivity index (χ0) is 22.9. The maximum Gasteiger partial charge on any atom is 0.342 e. The second-order valence-electron chi connectivity index (χ2n) is 8.78. The summed E-state index contributed by atoms with van der Waals surface area (Å²) < 4.78 is 14.8. The van der Waals surface area contributed by atoms with Crippen LogP contribution in [-0.4, -0.2) is 26.8 Å². The van der Waals surface area contributed by atoms with Crippen molar-refractivity contribution >= 4 is 17.6 Å². The molecule has 0 radical (unpaired) electrons. The maximum atomic E-state index is 13.4. The number of hydrogen-bond acceptors (Lipinski definition) is 4. The third-order valence-corrected chi connectivity index (χ3v) is 6.27. The Hall–Kier alpha value is -3.68. The van der Waals surface area contributed by atoms with Gasteiger partial charge in [0.2, 0.25) is 5.91 Å². The number of phenolic OH excluding ortho intramolecular Hbond substituents is 1. The van der Waals surface area contributed by atoms with E-state index in [1.54, 1.807) is 24.3 Å². The van der Waals surface area contributed by atoms with Crippen LogP contribution in [0.25, 0.3) is 11.3 Å². The Morgan fingerprint density at radius 1 is 1.09 bits per heavy atom.